The Bertz CT molecular complexity index is 437. The van der Waals surface area contributed by atoms with Gasteiger partial charge in [0, 0.05) is 32.1 Å². The summed E-state index contributed by atoms with van der Waals surface area (Å²) < 4.78 is 5.70. The van der Waals surface area contributed by atoms with Crippen molar-refractivity contribution in [3.05, 3.63) is 16.6 Å². The van der Waals surface area contributed by atoms with Gasteiger partial charge in [0.05, 0.1) is 23.4 Å². The second kappa shape index (κ2) is 5.56. The summed E-state index contributed by atoms with van der Waals surface area (Å²) in [6.45, 7) is 3.16. The first kappa shape index (κ1) is 13.0. The SMILES string of the molecule is CN1C(=O)CO[C@H]2CCN(Cc3cscn3)CC[C@@H]21. The summed E-state index contributed by atoms with van der Waals surface area (Å²) in [6.07, 6.45) is 2.17. The maximum Gasteiger partial charge on any atom is 0.248 e. The van der Waals surface area contributed by atoms with E-state index >= 15 is 0 Å². The van der Waals surface area contributed by atoms with Crippen molar-refractivity contribution in [2.24, 2.45) is 0 Å². The van der Waals surface area contributed by atoms with E-state index in [1.165, 1.54) is 0 Å². The number of thiazole rings is 1. The average molecular weight is 281 g/mol. The summed E-state index contributed by atoms with van der Waals surface area (Å²) >= 11 is 1.64. The number of likely N-dealkylation sites (N-methyl/N-ethyl adjacent to an activating group) is 1. The number of morpholine rings is 1. The molecule has 0 spiro atoms. The molecular weight excluding hydrogens is 262 g/mol. The summed E-state index contributed by atoms with van der Waals surface area (Å²) in [4.78, 5) is 20.3. The molecule has 0 radical (unpaired) electrons. The molecule has 0 aliphatic carbocycles. The molecule has 19 heavy (non-hydrogen) atoms. The van der Waals surface area contributed by atoms with Crippen LogP contribution >= 0.6 is 11.3 Å². The number of rotatable bonds is 2. The zero-order chi connectivity index (χ0) is 13.2. The Labute approximate surface area is 117 Å². The van der Waals surface area contributed by atoms with Crippen molar-refractivity contribution in [3.63, 3.8) is 0 Å². The maximum atomic E-state index is 11.7. The van der Waals surface area contributed by atoms with Crippen LogP contribution in [0.1, 0.15) is 18.5 Å². The molecule has 1 amide bonds. The van der Waals surface area contributed by atoms with E-state index in [2.05, 4.69) is 15.3 Å². The van der Waals surface area contributed by atoms with Crippen molar-refractivity contribution in [2.45, 2.75) is 31.5 Å². The van der Waals surface area contributed by atoms with Gasteiger partial charge >= 0.3 is 0 Å². The van der Waals surface area contributed by atoms with Gasteiger partial charge in [-0.2, -0.15) is 0 Å². The number of nitrogens with zero attached hydrogens (tertiary/aromatic N) is 3. The van der Waals surface area contributed by atoms with Crippen LogP contribution in [0.2, 0.25) is 0 Å². The lowest BCUT2D eigenvalue weighted by Gasteiger charge is -2.37. The first-order valence-corrected chi connectivity index (χ1v) is 7.65. The Morgan fingerprint density at radius 2 is 2.32 bits per heavy atom. The molecule has 2 atom stereocenters. The molecule has 2 saturated heterocycles. The van der Waals surface area contributed by atoms with Gasteiger partial charge in [-0.1, -0.05) is 0 Å². The Hall–Kier alpha value is -0.980. The van der Waals surface area contributed by atoms with E-state index in [0.717, 1.165) is 38.2 Å². The van der Waals surface area contributed by atoms with Crippen molar-refractivity contribution in [1.82, 2.24) is 14.8 Å². The second-order valence-electron chi connectivity index (χ2n) is 5.25. The summed E-state index contributed by atoms with van der Waals surface area (Å²) in [5.41, 5.74) is 3.02. The van der Waals surface area contributed by atoms with Crippen LogP contribution in [0.25, 0.3) is 0 Å². The molecule has 0 saturated carbocycles. The van der Waals surface area contributed by atoms with Gasteiger partial charge in [0.25, 0.3) is 0 Å². The lowest BCUT2D eigenvalue weighted by atomic mass is 10.0. The van der Waals surface area contributed by atoms with E-state index < -0.39 is 0 Å². The van der Waals surface area contributed by atoms with Gasteiger partial charge in [0.2, 0.25) is 5.91 Å². The molecule has 1 aromatic rings. The van der Waals surface area contributed by atoms with E-state index in [4.69, 9.17) is 4.74 Å². The zero-order valence-corrected chi connectivity index (χ0v) is 11.9. The monoisotopic (exact) mass is 281 g/mol. The van der Waals surface area contributed by atoms with Crippen LogP contribution in [-0.2, 0) is 16.1 Å². The third-order valence-electron chi connectivity index (χ3n) is 4.08. The van der Waals surface area contributed by atoms with E-state index in [-0.39, 0.29) is 24.7 Å². The van der Waals surface area contributed by atoms with Gasteiger partial charge < -0.3 is 9.64 Å². The predicted molar refractivity (Wildman–Crippen MR) is 72.9 cm³/mol. The number of carbonyl (C=O) groups is 1. The molecule has 6 heteroatoms. The molecule has 1 aromatic heterocycles. The number of fused-ring (bicyclic) bond motifs is 1. The third kappa shape index (κ3) is 2.80. The Morgan fingerprint density at radius 3 is 3.11 bits per heavy atom. The smallest absolute Gasteiger partial charge is 0.248 e. The average Bonchev–Trinajstić information content (AvgIpc) is 2.82. The maximum absolute atomic E-state index is 11.7. The first-order chi connectivity index (χ1) is 9.24. The van der Waals surface area contributed by atoms with Crippen LogP contribution in [0.15, 0.2) is 10.9 Å². The molecule has 3 heterocycles. The molecule has 3 rings (SSSR count). The van der Waals surface area contributed by atoms with Crippen molar-refractivity contribution in [2.75, 3.05) is 26.7 Å². The minimum Gasteiger partial charge on any atom is -0.366 e. The number of aromatic nitrogens is 1. The second-order valence-corrected chi connectivity index (χ2v) is 5.97. The molecule has 0 N–H and O–H groups in total. The highest BCUT2D eigenvalue weighted by Crippen LogP contribution is 2.23. The lowest BCUT2D eigenvalue weighted by molar-refractivity contribution is -0.154. The molecule has 0 bridgehead atoms. The number of ether oxygens (including phenoxy) is 1. The van der Waals surface area contributed by atoms with Crippen molar-refractivity contribution in [1.29, 1.82) is 0 Å². The quantitative estimate of drug-likeness (QED) is 0.810. The topological polar surface area (TPSA) is 45.7 Å². The minimum absolute atomic E-state index is 0.106. The predicted octanol–water partition coefficient (Wildman–Crippen LogP) is 0.965. The molecule has 104 valence electrons. The molecule has 0 aromatic carbocycles. The number of likely N-dealkylation sites (tertiary alicyclic amines) is 1. The van der Waals surface area contributed by atoms with Crippen LogP contribution in [0.3, 0.4) is 0 Å². The van der Waals surface area contributed by atoms with Crippen LogP contribution in [0.5, 0.6) is 0 Å². The van der Waals surface area contributed by atoms with E-state index in [9.17, 15) is 4.79 Å². The Balaban J connectivity index is 1.63. The van der Waals surface area contributed by atoms with Gasteiger partial charge in [-0.3, -0.25) is 9.69 Å². The van der Waals surface area contributed by atoms with Crippen molar-refractivity contribution in [3.8, 4) is 0 Å². The zero-order valence-electron chi connectivity index (χ0n) is 11.1. The molecule has 2 aliphatic rings. The standard InChI is InChI=1S/C13H19N3O2S/c1-15-11-2-4-16(6-10-8-19-9-14-10)5-3-12(11)18-7-13(15)17/h8-9,11-12H,2-7H2,1H3/t11-,12-/m0/s1. The fourth-order valence-electron chi connectivity index (χ4n) is 2.92. The van der Waals surface area contributed by atoms with Gasteiger partial charge in [-0.05, 0) is 12.8 Å². The Morgan fingerprint density at radius 1 is 1.47 bits per heavy atom. The highest BCUT2D eigenvalue weighted by atomic mass is 32.1. The fourth-order valence-corrected chi connectivity index (χ4v) is 3.47. The van der Waals surface area contributed by atoms with Crippen molar-refractivity contribution < 1.29 is 9.53 Å². The highest BCUT2D eigenvalue weighted by molar-refractivity contribution is 7.07. The van der Waals surface area contributed by atoms with Crippen LogP contribution in [0.4, 0.5) is 0 Å². The number of carbonyl (C=O) groups excluding carboxylic acids is 1. The summed E-state index contributed by atoms with van der Waals surface area (Å²) in [5.74, 6) is 0.106. The molecule has 2 aliphatic heterocycles. The van der Waals surface area contributed by atoms with E-state index in [1.807, 2.05) is 17.5 Å². The Kier molecular flexibility index (Phi) is 3.81. The largest absolute Gasteiger partial charge is 0.366 e. The van der Waals surface area contributed by atoms with Gasteiger partial charge in [-0.25, -0.2) is 4.98 Å². The molecule has 5 nitrogen and oxygen atoms in total. The van der Waals surface area contributed by atoms with Crippen molar-refractivity contribution >= 4 is 17.2 Å². The number of amides is 1. The van der Waals surface area contributed by atoms with Gasteiger partial charge in [-0.15, -0.1) is 11.3 Å². The van der Waals surface area contributed by atoms with Crippen LogP contribution in [0, 0.1) is 0 Å². The summed E-state index contributed by atoms with van der Waals surface area (Å²) in [7, 11) is 1.90. The summed E-state index contributed by atoms with van der Waals surface area (Å²) in [5, 5.41) is 2.10. The highest BCUT2D eigenvalue weighted by Gasteiger charge is 2.36. The van der Waals surface area contributed by atoms with E-state index in [0.29, 0.717) is 0 Å². The molecule has 2 fully saturated rings. The first-order valence-electron chi connectivity index (χ1n) is 6.71. The molecular formula is C13H19N3O2S. The normalized spacial score (nSPS) is 29.1. The van der Waals surface area contributed by atoms with Crippen LogP contribution in [-0.4, -0.2) is 59.6 Å². The van der Waals surface area contributed by atoms with Gasteiger partial charge in [0.15, 0.2) is 0 Å². The third-order valence-corrected chi connectivity index (χ3v) is 4.72. The van der Waals surface area contributed by atoms with E-state index in [1.54, 1.807) is 11.3 Å². The number of hydrogen-bond donors (Lipinski definition) is 0. The fraction of sp³-hybridized carbons (Fsp3) is 0.692. The summed E-state index contributed by atoms with van der Waals surface area (Å²) in [6, 6.07) is 0.238. The van der Waals surface area contributed by atoms with Crippen LogP contribution < -0.4 is 0 Å². The number of hydrogen-bond acceptors (Lipinski definition) is 5. The minimum atomic E-state index is 0.106. The molecule has 0 unspecified atom stereocenters. The lowest BCUT2D eigenvalue weighted by Crippen LogP contribution is -2.52. The van der Waals surface area contributed by atoms with Gasteiger partial charge in [0.1, 0.15) is 6.61 Å².